The zero-order valence-electron chi connectivity index (χ0n) is 15.1. The lowest BCUT2D eigenvalue weighted by Crippen LogP contribution is -2.21. The van der Waals surface area contributed by atoms with Gasteiger partial charge in [0.05, 0.1) is 0 Å². The van der Waals surface area contributed by atoms with Gasteiger partial charge in [-0.1, -0.05) is 52.3 Å². The van der Waals surface area contributed by atoms with Crippen LogP contribution in [0.1, 0.15) is 82.8 Å². The number of rotatable bonds is 5. The molecule has 2 bridgehead atoms. The molecule has 2 aliphatic rings. The summed E-state index contributed by atoms with van der Waals surface area (Å²) in [5.74, 6) is 3.42. The molecule has 2 fully saturated rings. The van der Waals surface area contributed by atoms with Gasteiger partial charge >= 0.3 is 0 Å². The number of carbonyl (C=O) groups is 1. The van der Waals surface area contributed by atoms with Gasteiger partial charge in [0.15, 0.2) is 0 Å². The van der Waals surface area contributed by atoms with Crippen molar-refractivity contribution < 1.29 is 4.79 Å². The molecule has 2 saturated carbocycles. The molecule has 0 spiro atoms. The molecule has 1 N–H and O–H groups in total. The quantitative estimate of drug-likeness (QED) is 0.742. The summed E-state index contributed by atoms with van der Waals surface area (Å²) in [4.78, 5) is 12.7. The van der Waals surface area contributed by atoms with E-state index in [1.807, 2.05) is 0 Å². The third kappa shape index (κ3) is 3.46. The van der Waals surface area contributed by atoms with Crippen molar-refractivity contribution in [3.8, 4) is 0 Å². The Labute approximate surface area is 141 Å². The van der Waals surface area contributed by atoms with Crippen molar-refractivity contribution >= 4 is 11.6 Å². The van der Waals surface area contributed by atoms with Gasteiger partial charge < -0.3 is 5.32 Å². The first-order valence-corrected chi connectivity index (χ1v) is 9.38. The van der Waals surface area contributed by atoms with Crippen molar-refractivity contribution in [2.75, 3.05) is 5.32 Å². The van der Waals surface area contributed by atoms with E-state index in [0.717, 1.165) is 17.5 Å². The predicted molar refractivity (Wildman–Crippen MR) is 96.8 cm³/mol. The van der Waals surface area contributed by atoms with Crippen molar-refractivity contribution in [3.05, 3.63) is 29.3 Å². The highest BCUT2D eigenvalue weighted by atomic mass is 16.1. The molecule has 1 aromatic rings. The number of hydrogen-bond acceptors (Lipinski definition) is 1. The molecule has 3 rings (SSSR count). The molecule has 3 unspecified atom stereocenters. The summed E-state index contributed by atoms with van der Waals surface area (Å²) in [7, 11) is 0. The van der Waals surface area contributed by atoms with Crippen molar-refractivity contribution in [1.82, 2.24) is 0 Å². The van der Waals surface area contributed by atoms with Crippen LogP contribution in [0.4, 0.5) is 5.69 Å². The van der Waals surface area contributed by atoms with Crippen molar-refractivity contribution in [2.24, 2.45) is 17.8 Å². The highest BCUT2D eigenvalue weighted by molar-refractivity contribution is 5.93. The molecule has 2 nitrogen and oxygen atoms in total. The average molecular weight is 313 g/mol. The molecule has 3 atom stereocenters. The number of hydrogen-bond donors (Lipinski definition) is 1. The normalized spacial score (nSPS) is 26.3. The third-order valence-electron chi connectivity index (χ3n) is 5.97. The Hall–Kier alpha value is -1.31. The Kier molecular flexibility index (Phi) is 4.79. The fourth-order valence-electron chi connectivity index (χ4n) is 4.75. The van der Waals surface area contributed by atoms with Crippen LogP contribution in [-0.2, 0) is 4.79 Å². The summed E-state index contributed by atoms with van der Waals surface area (Å²) in [5, 5.41) is 3.29. The van der Waals surface area contributed by atoms with E-state index in [-0.39, 0.29) is 5.91 Å². The lowest BCUT2D eigenvalue weighted by atomic mass is 9.86. The van der Waals surface area contributed by atoms with Crippen LogP contribution >= 0.6 is 0 Å². The molecule has 126 valence electrons. The van der Waals surface area contributed by atoms with Gasteiger partial charge in [-0.25, -0.2) is 0 Å². The predicted octanol–water partition coefficient (Wildman–Crippen LogP) is 5.70. The molecule has 1 aromatic carbocycles. The van der Waals surface area contributed by atoms with Gasteiger partial charge in [-0.05, 0) is 60.0 Å². The van der Waals surface area contributed by atoms with E-state index in [2.05, 4.69) is 51.2 Å². The standard InChI is InChI=1S/C21H31NO/c1-13(2)18-6-5-7-19(14(3)4)21(18)22-20(23)12-17-11-15-8-9-16(17)10-15/h5-7,13-17H,8-12H2,1-4H3,(H,22,23). The minimum absolute atomic E-state index is 0.220. The Morgan fingerprint density at radius 2 is 1.74 bits per heavy atom. The zero-order chi connectivity index (χ0) is 16.6. The first kappa shape index (κ1) is 16.5. The molecule has 0 heterocycles. The average Bonchev–Trinajstić information content (AvgIpc) is 3.09. The van der Waals surface area contributed by atoms with E-state index in [1.54, 1.807) is 0 Å². The number of carbonyl (C=O) groups excluding carboxylic acids is 1. The largest absolute Gasteiger partial charge is 0.326 e. The van der Waals surface area contributed by atoms with Crippen LogP contribution in [0.2, 0.25) is 0 Å². The Morgan fingerprint density at radius 1 is 1.09 bits per heavy atom. The van der Waals surface area contributed by atoms with E-state index < -0.39 is 0 Å². The molecule has 2 aliphatic carbocycles. The van der Waals surface area contributed by atoms with Gasteiger partial charge in [-0.15, -0.1) is 0 Å². The van der Waals surface area contributed by atoms with Crippen LogP contribution in [0, 0.1) is 17.8 Å². The highest BCUT2D eigenvalue weighted by Gasteiger charge is 2.40. The van der Waals surface area contributed by atoms with Crippen LogP contribution in [0.25, 0.3) is 0 Å². The molecule has 1 amide bonds. The van der Waals surface area contributed by atoms with Gasteiger partial charge in [0, 0.05) is 12.1 Å². The van der Waals surface area contributed by atoms with Crippen molar-refractivity contribution in [2.45, 2.75) is 71.6 Å². The summed E-state index contributed by atoms with van der Waals surface area (Å²) in [6.07, 6.45) is 6.11. The summed E-state index contributed by atoms with van der Waals surface area (Å²) < 4.78 is 0. The van der Waals surface area contributed by atoms with E-state index in [0.29, 0.717) is 24.2 Å². The molecule has 0 aromatic heterocycles. The maximum absolute atomic E-state index is 12.7. The number of anilines is 1. The fourth-order valence-corrected chi connectivity index (χ4v) is 4.75. The maximum Gasteiger partial charge on any atom is 0.224 e. The van der Waals surface area contributed by atoms with Gasteiger partial charge in [0.2, 0.25) is 5.91 Å². The molecule has 23 heavy (non-hydrogen) atoms. The lowest BCUT2D eigenvalue weighted by Gasteiger charge is -2.23. The summed E-state index contributed by atoms with van der Waals surface area (Å²) in [5.41, 5.74) is 3.60. The molecular weight excluding hydrogens is 282 g/mol. The van der Waals surface area contributed by atoms with Crippen LogP contribution in [0.15, 0.2) is 18.2 Å². The summed E-state index contributed by atoms with van der Waals surface area (Å²) in [6.45, 7) is 8.80. The molecule has 0 aliphatic heterocycles. The minimum Gasteiger partial charge on any atom is -0.326 e. The topological polar surface area (TPSA) is 29.1 Å². The Bertz CT molecular complexity index is 549. The second-order valence-corrected chi connectivity index (χ2v) is 8.31. The van der Waals surface area contributed by atoms with Crippen molar-refractivity contribution in [3.63, 3.8) is 0 Å². The SMILES string of the molecule is CC(C)c1cccc(C(C)C)c1NC(=O)CC1CC2CCC1C2. The lowest BCUT2D eigenvalue weighted by molar-refractivity contribution is -0.117. The van der Waals surface area contributed by atoms with Crippen LogP contribution in [-0.4, -0.2) is 5.91 Å². The van der Waals surface area contributed by atoms with Crippen molar-refractivity contribution in [1.29, 1.82) is 0 Å². The van der Waals surface area contributed by atoms with Gasteiger partial charge in [0.1, 0.15) is 0 Å². The van der Waals surface area contributed by atoms with Crippen LogP contribution in [0.5, 0.6) is 0 Å². The summed E-state index contributed by atoms with van der Waals surface area (Å²) in [6, 6.07) is 6.43. The first-order chi connectivity index (χ1) is 11.0. The minimum atomic E-state index is 0.220. The molecule has 0 saturated heterocycles. The van der Waals surface area contributed by atoms with Gasteiger partial charge in [-0.3, -0.25) is 4.79 Å². The Balaban J connectivity index is 1.74. The maximum atomic E-state index is 12.7. The van der Waals surface area contributed by atoms with Gasteiger partial charge in [0.25, 0.3) is 0 Å². The number of benzene rings is 1. The van der Waals surface area contributed by atoms with Crippen LogP contribution < -0.4 is 5.32 Å². The number of amides is 1. The first-order valence-electron chi connectivity index (χ1n) is 9.38. The smallest absolute Gasteiger partial charge is 0.224 e. The van der Waals surface area contributed by atoms with E-state index >= 15 is 0 Å². The van der Waals surface area contributed by atoms with Crippen LogP contribution in [0.3, 0.4) is 0 Å². The third-order valence-corrected chi connectivity index (χ3v) is 5.97. The highest BCUT2D eigenvalue weighted by Crippen LogP contribution is 2.49. The number of nitrogens with one attached hydrogen (secondary N) is 1. The number of para-hydroxylation sites is 1. The van der Waals surface area contributed by atoms with E-state index in [1.165, 1.54) is 36.8 Å². The Morgan fingerprint density at radius 3 is 2.22 bits per heavy atom. The summed E-state index contributed by atoms with van der Waals surface area (Å²) >= 11 is 0. The molecule has 0 radical (unpaired) electrons. The van der Waals surface area contributed by atoms with E-state index in [4.69, 9.17) is 0 Å². The van der Waals surface area contributed by atoms with E-state index in [9.17, 15) is 4.79 Å². The zero-order valence-corrected chi connectivity index (χ0v) is 15.1. The van der Waals surface area contributed by atoms with Gasteiger partial charge in [-0.2, -0.15) is 0 Å². The fraction of sp³-hybridized carbons (Fsp3) is 0.667. The number of fused-ring (bicyclic) bond motifs is 2. The second kappa shape index (κ2) is 6.67. The molecular formula is C21H31NO. The second-order valence-electron chi connectivity index (χ2n) is 8.31. The monoisotopic (exact) mass is 313 g/mol. The molecule has 2 heteroatoms.